The number of carbonyl (C=O) groups excluding carboxylic acids is 4. The molecule has 0 fully saturated rings. The predicted molar refractivity (Wildman–Crippen MR) is 100 cm³/mol. The van der Waals surface area contributed by atoms with Gasteiger partial charge in [0, 0.05) is 13.6 Å². The van der Waals surface area contributed by atoms with Gasteiger partial charge in [-0.1, -0.05) is 24.3 Å². The Kier molecular flexibility index (Phi) is 5.72. The molecular formula is C21H19FN2O5. The van der Waals surface area contributed by atoms with Crippen LogP contribution in [0.15, 0.2) is 48.5 Å². The third-order valence-electron chi connectivity index (χ3n) is 4.63. The maximum atomic E-state index is 13.2. The number of hydrogen-bond donors (Lipinski definition) is 0. The van der Waals surface area contributed by atoms with Gasteiger partial charge in [0.05, 0.1) is 11.1 Å². The summed E-state index contributed by atoms with van der Waals surface area (Å²) in [6.45, 7) is 0.950. The van der Waals surface area contributed by atoms with Gasteiger partial charge in [-0.2, -0.15) is 0 Å². The van der Waals surface area contributed by atoms with Crippen LogP contribution in [-0.2, 0) is 20.9 Å². The van der Waals surface area contributed by atoms with Crippen LogP contribution in [0, 0.1) is 5.82 Å². The molecule has 0 aliphatic carbocycles. The Bertz CT molecular complexity index is 956. The van der Waals surface area contributed by atoms with Crippen LogP contribution in [0.5, 0.6) is 0 Å². The first-order chi connectivity index (χ1) is 13.8. The zero-order valence-electron chi connectivity index (χ0n) is 15.9. The number of hydrogen-bond acceptors (Lipinski definition) is 5. The molecule has 0 bridgehead atoms. The highest BCUT2D eigenvalue weighted by Crippen LogP contribution is 2.24. The molecule has 2 aromatic rings. The number of fused-ring (bicyclic) bond motifs is 1. The summed E-state index contributed by atoms with van der Waals surface area (Å²) in [7, 11) is 1.49. The van der Waals surface area contributed by atoms with E-state index in [4.69, 9.17) is 4.74 Å². The standard InChI is InChI=1S/C21H19FN2O5/c1-13(24-19(26)16-8-3-4-9-17(16)20(24)27)21(28)29-12-18(25)23(2)11-14-6-5-7-15(22)10-14/h3-10,13H,11-12H2,1-2H3/t13-/m1/s1. The van der Waals surface area contributed by atoms with E-state index >= 15 is 0 Å². The molecule has 0 aromatic heterocycles. The topological polar surface area (TPSA) is 84.0 Å². The molecule has 0 saturated heterocycles. The molecule has 3 amide bonds. The van der Waals surface area contributed by atoms with Crippen molar-refractivity contribution in [3.05, 3.63) is 71.0 Å². The summed E-state index contributed by atoms with van der Waals surface area (Å²) in [4.78, 5) is 51.5. The molecule has 0 N–H and O–H groups in total. The van der Waals surface area contributed by atoms with Crippen molar-refractivity contribution >= 4 is 23.7 Å². The van der Waals surface area contributed by atoms with Crippen molar-refractivity contribution in [1.29, 1.82) is 0 Å². The first kappa shape index (κ1) is 20.2. The van der Waals surface area contributed by atoms with Crippen molar-refractivity contribution < 1.29 is 28.3 Å². The van der Waals surface area contributed by atoms with Crippen LogP contribution in [0.3, 0.4) is 0 Å². The maximum absolute atomic E-state index is 13.2. The zero-order valence-corrected chi connectivity index (χ0v) is 15.9. The van der Waals surface area contributed by atoms with Crippen LogP contribution in [-0.4, -0.2) is 53.2 Å². The predicted octanol–water partition coefficient (Wildman–Crippen LogP) is 2.01. The number of esters is 1. The van der Waals surface area contributed by atoms with E-state index in [1.807, 2.05) is 0 Å². The first-order valence-corrected chi connectivity index (χ1v) is 8.91. The number of amides is 3. The number of halogens is 1. The average Bonchev–Trinajstić information content (AvgIpc) is 2.96. The Hall–Kier alpha value is -3.55. The van der Waals surface area contributed by atoms with Crippen LogP contribution in [0.1, 0.15) is 33.2 Å². The summed E-state index contributed by atoms with van der Waals surface area (Å²) >= 11 is 0. The smallest absolute Gasteiger partial charge is 0.329 e. The van der Waals surface area contributed by atoms with Gasteiger partial charge in [-0.05, 0) is 36.8 Å². The Balaban J connectivity index is 1.57. The van der Waals surface area contributed by atoms with E-state index in [9.17, 15) is 23.6 Å². The molecule has 29 heavy (non-hydrogen) atoms. The third kappa shape index (κ3) is 4.16. The van der Waals surface area contributed by atoms with Crippen molar-refractivity contribution in [2.45, 2.75) is 19.5 Å². The fourth-order valence-corrected chi connectivity index (χ4v) is 3.03. The van der Waals surface area contributed by atoms with Gasteiger partial charge in [0.2, 0.25) is 0 Å². The quantitative estimate of drug-likeness (QED) is 0.549. The molecule has 0 spiro atoms. The molecule has 1 aliphatic rings. The lowest BCUT2D eigenvalue weighted by Crippen LogP contribution is -2.44. The van der Waals surface area contributed by atoms with E-state index in [1.54, 1.807) is 18.2 Å². The number of nitrogens with zero attached hydrogens (tertiary/aromatic N) is 2. The summed E-state index contributed by atoms with van der Waals surface area (Å²) in [5.74, 6) is -2.94. The summed E-state index contributed by atoms with van der Waals surface area (Å²) in [5, 5.41) is 0. The van der Waals surface area contributed by atoms with Crippen LogP contribution in [0.4, 0.5) is 4.39 Å². The second-order valence-corrected chi connectivity index (χ2v) is 6.69. The van der Waals surface area contributed by atoms with Gasteiger partial charge in [-0.3, -0.25) is 19.3 Å². The molecule has 0 unspecified atom stereocenters. The lowest BCUT2D eigenvalue weighted by atomic mass is 10.1. The summed E-state index contributed by atoms with van der Waals surface area (Å²) in [6.07, 6.45) is 0. The van der Waals surface area contributed by atoms with E-state index < -0.39 is 42.2 Å². The van der Waals surface area contributed by atoms with Crippen LogP contribution < -0.4 is 0 Å². The minimum Gasteiger partial charge on any atom is -0.454 e. The lowest BCUT2D eigenvalue weighted by Gasteiger charge is -2.22. The summed E-state index contributed by atoms with van der Waals surface area (Å²) in [6, 6.07) is 10.9. The van der Waals surface area contributed by atoms with Crippen molar-refractivity contribution in [3.63, 3.8) is 0 Å². The molecular weight excluding hydrogens is 379 g/mol. The van der Waals surface area contributed by atoms with Gasteiger partial charge in [0.1, 0.15) is 11.9 Å². The monoisotopic (exact) mass is 398 g/mol. The highest BCUT2D eigenvalue weighted by Gasteiger charge is 2.41. The molecule has 0 saturated carbocycles. The third-order valence-corrected chi connectivity index (χ3v) is 4.63. The van der Waals surface area contributed by atoms with Crippen molar-refractivity contribution in [2.24, 2.45) is 0 Å². The highest BCUT2D eigenvalue weighted by molar-refractivity contribution is 6.22. The van der Waals surface area contributed by atoms with Crippen LogP contribution in [0.25, 0.3) is 0 Å². The van der Waals surface area contributed by atoms with Crippen molar-refractivity contribution in [1.82, 2.24) is 9.80 Å². The van der Waals surface area contributed by atoms with Gasteiger partial charge in [0.15, 0.2) is 6.61 Å². The minimum absolute atomic E-state index is 0.141. The van der Waals surface area contributed by atoms with E-state index in [1.165, 1.54) is 49.2 Å². The molecule has 1 atom stereocenters. The van der Waals surface area contributed by atoms with E-state index in [2.05, 4.69) is 0 Å². The number of rotatable bonds is 6. The zero-order chi connectivity index (χ0) is 21.1. The fraction of sp³-hybridized carbons (Fsp3) is 0.238. The van der Waals surface area contributed by atoms with Gasteiger partial charge in [-0.25, -0.2) is 9.18 Å². The Morgan fingerprint density at radius 1 is 1.07 bits per heavy atom. The lowest BCUT2D eigenvalue weighted by molar-refractivity contribution is -0.154. The Morgan fingerprint density at radius 3 is 2.28 bits per heavy atom. The number of ether oxygens (including phenoxy) is 1. The molecule has 0 radical (unpaired) electrons. The minimum atomic E-state index is -1.18. The molecule has 7 nitrogen and oxygen atoms in total. The van der Waals surface area contributed by atoms with E-state index in [0.717, 1.165) is 4.90 Å². The van der Waals surface area contributed by atoms with Gasteiger partial charge in [0.25, 0.3) is 17.7 Å². The van der Waals surface area contributed by atoms with Crippen LogP contribution >= 0.6 is 0 Å². The molecule has 2 aromatic carbocycles. The van der Waals surface area contributed by atoms with E-state index in [-0.39, 0.29) is 17.7 Å². The largest absolute Gasteiger partial charge is 0.454 e. The van der Waals surface area contributed by atoms with Crippen LogP contribution in [0.2, 0.25) is 0 Å². The first-order valence-electron chi connectivity index (χ1n) is 8.91. The molecule has 3 rings (SSSR count). The Morgan fingerprint density at radius 2 is 1.69 bits per heavy atom. The van der Waals surface area contributed by atoms with Gasteiger partial charge >= 0.3 is 5.97 Å². The molecule has 1 heterocycles. The molecule has 8 heteroatoms. The van der Waals surface area contributed by atoms with E-state index in [0.29, 0.717) is 5.56 Å². The molecule has 1 aliphatic heterocycles. The number of benzene rings is 2. The van der Waals surface area contributed by atoms with Gasteiger partial charge < -0.3 is 9.64 Å². The summed E-state index contributed by atoms with van der Waals surface area (Å²) < 4.78 is 18.2. The SMILES string of the molecule is C[C@H](C(=O)OCC(=O)N(C)Cc1cccc(F)c1)N1C(=O)c2ccccc2C1=O. The van der Waals surface area contributed by atoms with Crippen molar-refractivity contribution in [2.75, 3.05) is 13.7 Å². The molecule has 150 valence electrons. The number of imide groups is 1. The van der Waals surface area contributed by atoms with Gasteiger partial charge in [-0.15, -0.1) is 0 Å². The number of carbonyl (C=O) groups is 4. The van der Waals surface area contributed by atoms with Crippen molar-refractivity contribution in [3.8, 4) is 0 Å². The Labute approximate surface area is 166 Å². The highest BCUT2D eigenvalue weighted by atomic mass is 19.1. The maximum Gasteiger partial charge on any atom is 0.329 e. The number of likely N-dealkylation sites (N-methyl/N-ethyl adjacent to an activating group) is 1. The fourth-order valence-electron chi connectivity index (χ4n) is 3.03. The summed E-state index contributed by atoms with van der Waals surface area (Å²) in [5.41, 5.74) is 1.04. The normalized spacial score (nSPS) is 13.8. The second-order valence-electron chi connectivity index (χ2n) is 6.69. The average molecular weight is 398 g/mol. The second kappa shape index (κ2) is 8.22.